The van der Waals surface area contributed by atoms with Gasteiger partial charge in [-0.05, 0) is 158 Å². The second kappa shape index (κ2) is 19.6. The van der Waals surface area contributed by atoms with Gasteiger partial charge in [-0.2, -0.15) is 0 Å². The zero-order valence-corrected chi connectivity index (χ0v) is 43.9. The molecule has 0 aromatic heterocycles. The van der Waals surface area contributed by atoms with Crippen molar-refractivity contribution in [2.75, 3.05) is 0 Å². The number of hydrogen-bond acceptors (Lipinski definition) is 8. The van der Waals surface area contributed by atoms with Crippen molar-refractivity contribution < 1.29 is 39.7 Å². The summed E-state index contributed by atoms with van der Waals surface area (Å²) in [5, 5.41) is 54.4. The van der Waals surface area contributed by atoms with Crippen LogP contribution in [-0.4, -0.2) is 22.3 Å². The minimum absolute atomic E-state index is 0.0972. The monoisotopic (exact) mass is 947 g/mol. The molecule has 1 saturated carbocycles. The van der Waals surface area contributed by atoms with Crippen molar-refractivity contribution in [3.8, 4) is 23.0 Å². The number of rotatable bonds is 15. The molecule has 12 nitrogen and oxygen atoms in total. The van der Waals surface area contributed by atoms with Crippen LogP contribution in [0.4, 0.5) is 22.7 Å². The molecule has 5 aromatic carbocycles. The first-order chi connectivity index (χ1) is 31.8. The third-order valence-corrected chi connectivity index (χ3v) is 13.7. The van der Waals surface area contributed by atoms with E-state index in [4.69, 9.17) is 19.1 Å². The molecule has 0 saturated heterocycles. The van der Waals surface area contributed by atoms with Crippen molar-refractivity contribution in [1.82, 2.24) is 0 Å². The maximum absolute atomic E-state index is 14.9. The van der Waals surface area contributed by atoms with Crippen molar-refractivity contribution in [3.05, 3.63) is 153 Å². The summed E-state index contributed by atoms with van der Waals surface area (Å²) in [6.45, 7) is 31.9. The Morgan fingerprint density at radius 3 is 1.48 bits per heavy atom. The Labute approximate surface area is 411 Å². The topological polar surface area (TPSA) is 147 Å². The van der Waals surface area contributed by atoms with E-state index >= 15 is 0 Å². The lowest BCUT2D eigenvalue weighted by Crippen LogP contribution is -3.16. The van der Waals surface area contributed by atoms with Gasteiger partial charge in [0.25, 0.3) is 0 Å². The fourth-order valence-corrected chi connectivity index (χ4v) is 9.81. The number of ether oxygens (including phenoxy) is 2. The van der Waals surface area contributed by atoms with Crippen molar-refractivity contribution in [2.45, 2.75) is 163 Å². The SMILES string of the molecule is CC1CC(C)(C)CC(c2ccc(O[NH+]([O-])c3ccccc3[NH+]([O-])C(C)(C)C(C)(C)Oc3cc(C(C)(C)C)ccc3O[NH+]([O-])c3ccccc3[NH+]([O-])C(C)(C)C)cc2)(c2ccc(OC(C)(C)C)cc2)C1. The van der Waals surface area contributed by atoms with Crippen LogP contribution in [0, 0.1) is 32.2 Å². The molecule has 0 heterocycles. The Bertz CT molecular complexity index is 2520. The second-order valence-corrected chi connectivity index (χ2v) is 24.1. The average Bonchev–Trinajstić information content (AvgIpc) is 3.24. The predicted octanol–water partition coefficient (Wildman–Crippen LogP) is 9.77. The van der Waals surface area contributed by atoms with Crippen LogP contribution in [0.15, 0.2) is 115 Å². The van der Waals surface area contributed by atoms with Gasteiger partial charge in [0.2, 0.25) is 17.1 Å². The van der Waals surface area contributed by atoms with Gasteiger partial charge in [0.1, 0.15) is 16.9 Å². The molecule has 69 heavy (non-hydrogen) atoms. The molecular formula is C57H78N4O8. The van der Waals surface area contributed by atoms with Gasteiger partial charge in [0.15, 0.2) is 28.5 Å². The first-order valence-corrected chi connectivity index (χ1v) is 24.3. The quantitative estimate of drug-likeness (QED) is 0.0760. The molecule has 4 N–H and O–H groups in total. The third kappa shape index (κ3) is 12.1. The molecule has 0 radical (unpaired) electrons. The smallest absolute Gasteiger partial charge is 0.234 e. The van der Waals surface area contributed by atoms with Crippen LogP contribution in [0.3, 0.4) is 0 Å². The maximum atomic E-state index is 14.9. The van der Waals surface area contributed by atoms with Gasteiger partial charge in [-0.25, -0.2) is 0 Å². The van der Waals surface area contributed by atoms with E-state index in [-0.39, 0.29) is 66.2 Å². The molecule has 1 fully saturated rings. The lowest BCUT2D eigenvalue weighted by Gasteiger charge is -2.48. The molecule has 1 aliphatic rings. The molecule has 0 bridgehead atoms. The summed E-state index contributed by atoms with van der Waals surface area (Å²) >= 11 is 0. The van der Waals surface area contributed by atoms with Crippen molar-refractivity contribution >= 4 is 22.7 Å². The molecular weight excluding hydrogens is 869 g/mol. The number of quaternary nitrogens is 4. The van der Waals surface area contributed by atoms with E-state index in [1.807, 2.05) is 45.0 Å². The van der Waals surface area contributed by atoms with Gasteiger partial charge in [-0.15, -0.1) is 10.5 Å². The van der Waals surface area contributed by atoms with E-state index in [9.17, 15) is 20.8 Å². The summed E-state index contributed by atoms with van der Waals surface area (Å²) in [5.74, 6) is 2.06. The number of benzene rings is 5. The molecule has 6 rings (SSSR count). The van der Waals surface area contributed by atoms with E-state index in [1.54, 1.807) is 103 Å². The standard InChI is InChI=1S/C57H78N4O8/c1-39-36-54(11,12)38-57(37-39,40-25-30-43(31-26-40)66-53(8,9)10)41-27-32-44(33-28-41)68-60(64)48-24-20-18-22-46(48)59(63)55(13,14)56(15,16)67-50-35-42(51(2,3)4)29-34-49(50)69-61(65)47-23-19-17-21-45(47)58(62)52(5,6)7/h17-35,39,58-61H,36-38H2,1-16H3. The summed E-state index contributed by atoms with van der Waals surface area (Å²) in [6.07, 6.45) is 3.06. The summed E-state index contributed by atoms with van der Waals surface area (Å²) in [7, 11) is 0. The van der Waals surface area contributed by atoms with Crippen molar-refractivity contribution in [2.24, 2.45) is 11.3 Å². The van der Waals surface area contributed by atoms with Crippen LogP contribution in [-0.2, 0) is 10.8 Å². The van der Waals surface area contributed by atoms with Gasteiger partial charge < -0.3 is 50.1 Å². The maximum Gasteiger partial charge on any atom is 0.234 e. The number of hydroxylamine groups is 2. The zero-order chi connectivity index (χ0) is 51.1. The largest absolute Gasteiger partial charge is 0.628 e. The molecule has 6 atom stereocenters. The van der Waals surface area contributed by atoms with Gasteiger partial charge in [-0.3, -0.25) is 0 Å². The van der Waals surface area contributed by atoms with E-state index in [0.717, 1.165) is 36.1 Å². The van der Waals surface area contributed by atoms with Gasteiger partial charge >= 0.3 is 0 Å². The lowest BCUT2D eigenvalue weighted by atomic mass is 9.55. The van der Waals surface area contributed by atoms with E-state index < -0.39 is 27.1 Å². The molecule has 374 valence electrons. The summed E-state index contributed by atoms with van der Waals surface area (Å²) in [5.41, 5.74) is -0.00417. The molecule has 1 aliphatic carbocycles. The Morgan fingerprint density at radius 1 is 0.522 bits per heavy atom. The molecule has 0 amide bonds. The number of hydrogen-bond donors (Lipinski definition) is 4. The van der Waals surface area contributed by atoms with E-state index in [0.29, 0.717) is 11.7 Å². The summed E-state index contributed by atoms with van der Waals surface area (Å²) in [4.78, 5) is 12.1. The summed E-state index contributed by atoms with van der Waals surface area (Å²) in [6, 6.07) is 35.0. The van der Waals surface area contributed by atoms with Gasteiger partial charge in [-0.1, -0.05) is 96.1 Å². The highest BCUT2D eigenvalue weighted by atomic mass is 16.9. The Balaban J connectivity index is 1.26. The Hall–Kier alpha value is -5.02. The fraction of sp³-hybridized carbons (Fsp3) is 0.474. The highest BCUT2D eigenvalue weighted by molar-refractivity contribution is 5.53. The molecule has 6 unspecified atom stereocenters. The van der Waals surface area contributed by atoms with Gasteiger partial charge in [0, 0.05) is 29.7 Å². The van der Waals surface area contributed by atoms with Crippen LogP contribution in [0.25, 0.3) is 0 Å². The fourth-order valence-electron chi connectivity index (χ4n) is 9.81. The van der Waals surface area contributed by atoms with Crippen LogP contribution in [0.1, 0.15) is 147 Å². The molecule has 0 aliphatic heterocycles. The number of para-hydroxylation sites is 2. The van der Waals surface area contributed by atoms with Crippen molar-refractivity contribution in [3.63, 3.8) is 0 Å². The average molecular weight is 947 g/mol. The predicted molar refractivity (Wildman–Crippen MR) is 275 cm³/mol. The van der Waals surface area contributed by atoms with E-state index in [2.05, 4.69) is 77.9 Å². The molecule has 12 heteroatoms. The van der Waals surface area contributed by atoms with E-state index in [1.165, 1.54) is 5.56 Å². The normalized spacial score (nSPS) is 19.8. The Morgan fingerprint density at radius 2 is 1.00 bits per heavy atom. The van der Waals surface area contributed by atoms with Gasteiger partial charge in [0.05, 0.1) is 5.54 Å². The molecule has 0 spiro atoms. The van der Waals surface area contributed by atoms with Crippen molar-refractivity contribution in [1.29, 1.82) is 0 Å². The van der Waals surface area contributed by atoms with Crippen LogP contribution in [0.5, 0.6) is 23.0 Å². The molecule has 5 aromatic rings. The second-order valence-electron chi connectivity index (χ2n) is 24.1. The Kier molecular flexibility index (Phi) is 15.2. The number of nitrogens with one attached hydrogen (secondary N) is 4. The third-order valence-electron chi connectivity index (χ3n) is 13.7. The highest BCUT2D eigenvalue weighted by Crippen LogP contribution is 2.54. The first-order valence-electron chi connectivity index (χ1n) is 24.3. The zero-order valence-electron chi connectivity index (χ0n) is 43.9. The first kappa shape index (κ1) is 53.3. The highest BCUT2D eigenvalue weighted by Gasteiger charge is 2.48. The summed E-state index contributed by atoms with van der Waals surface area (Å²) < 4.78 is 13.0. The lowest BCUT2D eigenvalue weighted by molar-refractivity contribution is -0.968. The van der Waals surface area contributed by atoms with Crippen LogP contribution >= 0.6 is 0 Å². The minimum atomic E-state index is -1.26. The van der Waals surface area contributed by atoms with Crippen LogP contribution in [0.2, 0.25) is 0 Å². The minimum Gasteiger partial charge on any atom is -0.628 e. The van der Waals surface area contributed by atoms with Crippen LogP contribution < -0.4 is 39.7 Å².